The normalized spacial score (nSPS) is 11.1. The lowest BCUT2D eigenvalue weighted by molar-refractivity contribution is 0.426. The molecule has 0 radical (unpaired) electrons. The Labute approximate surface area is 245 Å². The van der Waals surface area contributed by atoms with Gasteiger partial charge in [-0.2, -0.15) is 0 Å². The first-order valence-corrected chi connectivity index (χ1v) is 14.1. The van der Waals surface area contributed by atoms with Crippen LogP contribution in [0.4, 0.5) is 17.1 Å². The van der Waals surface area contributed by atoms with Crippen LogP contribution >= 0.6 is 0 Å². The van der Waals surface area contributed by atoms with Gasteiger partial charge in [0.05, 0.1) is 0 Å². The van der Waals surface area contributed by atoms with E-state index in [-0.39, 0.29) is 0 Å². The molecule has 0 atom stereocenters. The molecule has 0 aliphatic carbocycles. The fourth-order valence-corrected chi connectivity index (χ4v) is 5.88. The third-order valence-electron chi connectivity index (χ3n) is 7.88. The number of fused-ring (bicyclic) bond motifs is 3. The highest BCUT2D eigenvalue weighted by molar-refractivity contribution is 6.60. The van der Waals surface area contributed by atoms with Gasteiger partial charge in [0, 0.05) is 17.1 Å². The summed E-state index contributed by atoms with van der Waals surface area (Å²) < 4.78 is 0. The van der Waals surface area contributed by atoms with Gasteiger partial charge in [0.2, 0.25) is 0 Å². The van der Waals surface area contributed by atoms with Crippen molar-refractivity contribution in [2.75, 3.05) is 4.90 Å². The summed E-state index contributed by atoms with van der Waals surface area (Å²) in [7, 11) is -1.57. The lowest BCUT2D eigenvalue weighted by atomic mass is 9.75. The van der Waals surface area contributed by atoms with Gasteiger partial charge in [-0.3, -0.25) is 0 Å². The van der Waals surface area contributed by atoms with Crippen molar-refractivity contribution >= 4 is 51.2 Å². The van der Waals surface area contributed by atoms with Crippen molar-refractivity contribution in [1.29, 1.82) is 0 Å². The van der Waals surface area contributed by atoms with Crippen molar-refractivity contribution in [1.82, 2.24) is 0 Å². The molecule has 7 aromatic carbocycles. The summed E-state index contributed by atoms with van der Waals surface area (Å²) in [5.41, 5.74) is 7.47. The van der Waals surface area contributed by atoms with Gasteiger partial charge in [-0.05, 0) is 91.7 Å². The first-order chi connectivity index (χ1) is 20.7. The Morgan fingerprint density at radius 3 is 1.67 bits per heavy atom. The van der Waals surface area contributed by atoms with Crippen LogP contribution in [0.1, 0.15) is 0 Å². The Balaban J connectivity index is 1.36. The van der Waals surface area contributed by atoms with E-state index in [1.54, 1.807) is 6.07 Å². The van der Waals surface area contributed by atoms with E-state index in [1.807, 2.05) is 60.7 Å². The Bertz CT molecular complexity index is 2010. The molecule has 7 aromatic rings. The van der Waals surface area contributed by atoms with Gasteiger partial charge in [-0.1, -0.05) is 115 Å². The highest BCUT2D eigenvalue weighted by Crippen LogP contribution is 2.39. The molecule has 2 N–H and O–H groups in total. The van der Waals surface area contributed by atoms with Gasteiger partial charge >= 0.3 is 7.12 Å². The van der Waals surface area contributed by atoms with Crippen molar-refractivity contribution in [3.8, 4) is 22.3 Å². The van der Waals surface area contributed by atoms with E-state index in [0.717, 1.165) is 33.8 Å². The molecule has 0 saturated carbocycles. The number of nitrogens with zero attached hydrogens (tertiary/aromatic N) is 1. The number of hydrogen-bond acceptors (Lipinski definition) is 3. The number of anilines is 3. The average molecular weight is 541 g/mol. The Hall–Kier alpha value is -5.16. The molecule has 0 heterocycles. The first kappa shape index (κ1) is 25.8. The van der Waals surface area contributed by atoms with Crippen molar-refractivity contribution in [3.63, 3.8) is 0 Å². The van der Waals surface area contributed by atoms with E-state index in [4.69, 9.17) is 0 Å². The minimum Gasteiger partial charge on any atom is -0.423 e. The Morgan fingerprint density at radius 1 is 0.405 bits per heavy atom. The third-order valence-corrected chi connectivity index (χ3v) is 7.88. The van der Waals surface area contributed by atoms with Crippen molar-refractivity contribution in [3.05, 3.63) is 158 Å². The molecule has 3 nitrogen and oxygen atoms in total. The standard InChI is InChI=1S/C38H28BNO2/c41-39(42)38-24-23-32(26-37(38)27-11-3-1-4-12-27)40(30-14-5-2-6-15-30)31-21-19-28(20-22-31)36-25-29-13-7-8-16-33(29)34-17-9-10-18-35(34)36/h1-26,41-42H. The highest BCUT2D eigenvalue weighted by Gasteiger charge is 2.20. The molecule has 0 unspecified atom stereocenters. The summed E-state index contributed by atoms with van der Waals surface area (Å²) in [4.78, 5) is 2.20. The zero-order valence-corrected chi connectivity index (χ0v) is 22.9. The molecule has 4 heteroatoms. The zero-order valence-electron chi connectivity index (χ0n) is 22.9. The second kappa shape index (κ2) is 11.0. The zero-order chi connectivity index (χ0) is 28.5. The van der Waals surface area contributed by atoms with E-state index in [9.17, 15) is 10.0 Å². The summed E-state index contributed by atoms with van der Waals surface area (Å²) in [5.74, 6) is 0. The Morgan fingerprint density at radius 2 is 0.952 bits per heavy atom. The van der Waals surface area contributed by atoms with Crippen molar-refractivity contribution in [2.45, 2.75) is 0 Å². The van der Waals surface area contributed by atoms with E-state index < -0.39 is 7.12 Å². The summed E-state index contributed by atoms with van der Waals surface area (Å²) in [6.07, 6.45) is 0. The van der Waals surface area contributed by atoms with E-state index in [1.165, 1.54) is 27.1 Å². The molecular formula is C38H28BNO2. The van der Waals surface area contributed by atoms with Crippen LogP contribution in [0.15, 0.2) is 158 Å². The van der Waals surface area contributed by atoms with Crippen LogP contribution in [0.2, 0.25) is 0 Å². The maximum atomic E-state index is 10.2. The van der Waals surface area contributed by atoms with Crippen molar-refractivity contribution in [2.24, 2.45) is 0 Å². The number of para-hydroxylation sites is 1. The van der Waals surface area contributed by atoms with Crippen molar-refractivity contribution < 1.29 is 10.0 Å². The van der Waals surface area contributed by atoms with Gasteiger partial charge in [0.1, 0.15) is 0 Å². The quantitative estimate of drug-likeness (QED) is 0.164. The van der Waals surface area contributed by atoms with Gasteiger partial charge in [0.15, 0.2) is 0 Å². The fourth-order valence-electron chi connectivity index (χ4n) is 5.88. The number of benzene rings is 7. The van der Waals surface area contributed by atoms with Crippen LogP contribution < -0.4 is 10.4 Å². The lowest BCUT2D eigenvalue weighted by Crippen LogP contribution is -2.31. The van der Waals surface area contributed by atoms with Crippen LogP contribution in [-0.4, -0.2) is 17.2 Å². The molecule has 0 aliphatic heterocycles. The van der Waals surface area contributed by atoms with Crippen LogP contribution in [0, 0.1) is 0 Å². The van der Waals surface area contributed by atoms with Gasteiger partial charge in [-0.15, -0.1) is 0 Å². The van der Waals surface area contributed by atoms with Gasteiger partial charge in [-0.25, -0.2) is 0 Å². The molecule has 42 heavy (non-hydrogen) atoms. The molecule has 0 spiro atoms. The number of hydrogen-bond donors (Lipinski definition) is 2. The summed E-state index contributed by atoms with van der Waals surface area (Å²) in [6.45, 7) is 0. The lowest BCUT2D eigenvalue weighted by Gasteiger charge is -2.27. The monoisotopic (exact) mass is 541 g/mol. The first-order valence-electron chi connectivity index (χ1n) is 14.1. The topological polar surface area (TPSA) is 43.7 Å². The predicted molar refractivity (Wildman–Crippen MR) is 177 cm³/mol. The minimum atomic E-state index is -1.57. The van der Waals surface area contributed by atoms with E-state index in [0.29, 0.717) is 5.46 Å². The largest absolute Gasteiger partial charge is 0.489 e. The molecule has 0 aliphatic rings. The second-order valence-corrected chi connectivity index (χ2v) is 10.4. The maximum absolute atomic E-state index is 10.2. The van der Waals surface area contributed by atoms with E-state index in [2.05, 4.69) is 95.9 Å². The molecule has 0 fully saturated rings. The van der Waals surface area contributed by atoms with Crippen LogP contribution in [0.3, 0.4) is 0 Å². The summed E-state index contributed by atoms with van der Waals surface area (Å²) in [6, 6.07) is 54.0. The van der Waals surface area contributed by atoms with Crippen LogP contribution in [0.5, 0.6) is 0 Å². The molecule has 200 valence electrons. The molecule has 0 bridgehead atoms. The van der Waals surface area contributed by atoms with Gasteiger partial charge < -0.3 is 14.9 Å². The smallest absolute Gasteiger partial charge is 0.423 e. The second-order valence-electron chi connectivity index (χ2n) is 10.4. The SMILES string of the molecule is OB(O)c1ccc(N(c2ccccc2)c2ccc(-c3cc4ccccc4c4ccccc34)cc2)cc1-c1ccccc1. The summed E-state index contributed by atoms with van der Waals surface area (Å²) >= 11 is 0. The molecule has 0 saturated heterocycles. The predicted octanol–water partition coefficient (Wildman–Crippen LogP) is 8.48. The minimum absolute atomic E-state index is 0.469. The van der Waals surface area contributed by atoms with Crippen LogP contribution in [-0.2, 0) is 0 Å². The number of rotatable bonds is 6. The van der Waals surface area contributed by atoms with E-state index >= 15 is 0 Å². The molecular weight excluding hydrogens is 513 g/mol. The fraction of sp³-hybridized carbons (Fsp3) is 0. The molecule has 7 rings (SSSR count). The third kappa shape index (κ3) is 4.73. The molecule has 0 aromatic heterocycles. The summed E-state index contributed by atoms with van der Waals surface area (Å²) in [5, 5.41) is 25.3. The average Bonchev–Trinajstić information content (AvgIpc) is 3.06. The van der Waals surface area contributed by atoms with Crippen LogP contribution in [0.25, 0.3) is 43.8 Å². The van der Waals surface area contributed by atoms with Gasteiger partial charge in [0.25, 0.3) is 0 Å². The highest BCUT2D eigenvalue weighted by atomic mass is 16.4. The molecule has 0 amide bonds. The Kier molecular flexibility index (Phi) is 6.77. The maximum Gasteiger partial charge on any atom is 0.489 e.